The second-order valence-electron chi connectivity index (χ2n) is 6.48. The lowest BCUT2D eigenvalue weighted by atomic mass is 9.85. The molecule has 0 amide bonds. The Labute approximate surface area is 169 Å². The SMILES string of the molecule is CN=C(NCCCc1cccc(F)c1)NC1CCCC(C(F)(F)F)C1.I. The third kappa shape index (κ3) is 7.67. The van der Waals surface area contributed by atoms with Gasteiger partial charge in [0.1, 0.15) is 5.82 Å². The van der Waals surface area contributed by atoms with E-state index in [9.17, 15) is 17.6 Å². The zero-order valence-corrected chi connectivity index (χ0v) is 17.1. The summed E-state index contributed by atoms with van der Waals surface area (Å²) in [6.07, 6.45) is -1.03. The van der Waals surface area contributed by atoms with Gasteiger partial charge in [-0.2, -0.15) is 13.2 Å². The van der Waals surface area contributed by atoms with Crippen molar-refractivity contribution in [1.82, 2.24) is 10.6 Å². The Balaban J connectivity index is 0.00000338. The summed E-state index contributed by atoms with van der Waals surface area (Å²) in [5.41, 5.74) is 0.921. The van der Waals surface area contributed by atoms with Crippen LogP contribution in [0.3, 0.4) is 0 Å². The lowest BCUT2D eigenvalue weighted by Crippen LogP contribution is -2.47. The van der Waals surface area contributed by atoms with Crippen LogP contribution in [-0.4, -0.2) is 31.8 Å². The van der Waals surface area contributed by atoms with Crippen LogP contribution in [0.4, 0.5) is 17.6 Å². The third-order valence-corrected chi connectivity index (χ3v) is 4.53. The summed E-state index contributed by atoms with van der Waals surface area (Å²) in [4.78, 5) is 4.08. The maximum atomic E-state index is 13.1. The van der Waals surface area contributed by atoms with Gasteiger partial charge in [-0.3, -0.25) is 4.99 Å². The standard InChI is InChI=1S/C18H25F4N3.HI/c1-23-17(24-10-4-6-13-5-2-8-15(19)11-13)25-16-9-3-7-14(12-16)18(20,21)22;/h2,5,8,11,14,16H,3-4,6-7,9-10,12H2,1H3,(H2,23,24,25);1H. The predicted molar refractivity (Wildman–Crippen MR) is 106 cm³/mol. The molecule has 148 valence electrons. The van der Waals surface area contributed by atoms with E-state index in [1.807, 2.05) is 6.07 Å². The minimum absolute atomic E-state index is 0. The molecule has 0 aromatic heterocycles. The summed E-state index contributed by atoms with van der Waals surface area (Å²) in [6, 6.07) is 6.25. The number of halogens is 5. The van der Waals surface area contributed by atoms with Crippen molar-refractivity contribution in [2.75, 3.05) is 13.6 Å². The van der Waals surface area contributed by atoms with E-state index in [1.54, 1.807) is 13.1 Å². The molecule has 2 N–H and O–H groups in total. The number of alkyl halides is 3. The highest BCUT2D eigenvalue weighted by Crippen LogP contribution is 2.37. The number of nitrogens with zero attached hydrogens (tertiary/aromatic N) is 1. The molecule has 1 aliphatic carbocycles. The molecule has 1 fully saturated rings. The van der Waals surface area contributed by atoms with Crippen LogP contribution in [0.5, 0.6) is 0 Å². The van der Waals surface area contributed by atoms with Gasteiger partial charge in [-0.15, -0.1) is 24.0 Å². The van der Waals surface area contributed by atoms with Crippen molar-refractivity contribution in [3.8, 4) is 0 Å². The number of guanidine groups is 1. The average Bonchev–Trinajstić information content (AvgIpc) is 2.57. The molecule has 0 aliphatic heterocycles. The van der Waals surface area contributed by atoms with Gasteiger partial charge >= 0.3 is 6.18 Å². The Bertz CT molecular complexity index is 578. The Morgan fingerprint density at radius 3 is 2.69 bits per heavy atom. The molecule has 0 bridgehead atoms. The van der Waals surface area contributed by atoms with E-state index < -0.39 is 12.1 Å². The smallest absolute Gasteiger partial charge is 0.356 e. The zero-order valence-electron chi connectivity index (χ0n) is 14.8. The van der Waals surface area contributed by atoms with E-state index in [0.29, 0.717) is 18.9 Å². The normalized spacial score (nSPS) is 21.0. The maximum absolute atomic E-state index is 13.1. The highest BCUT2D eigenvalue weighted by molar-refractivity contribution is 14.0. The third-order valence-electron chi connectivity index (χ3n) is 4.53. The van der Waals surface area contributed by atoms with Crippen LogP contribution in [0.25, 0.3) is 0 Å². The van der Waals surface area contributed by atoms with Crippen molar-refractivity contribution in [3.05, 3.63) is 35.6 Å². The van der Waals surface area contributed by atoms with Crippen LogP contribution in [-0.2, 0) is 6.42 Å². The van der Waals surface area contributed by atoms with Gasteiger partial charge < -0.3 is 10.6 Å². The second kappa shape index (κ2) is 10.9. The molecule has 8 heteroatoms. The highest BCUT2D eigenvalue weighted by atomic mass is 127. The van der Waals surface area contributed by atoms with Crippen LogP contribution in [0.1, 0.15) is 37.7 Å². The Hall–Kier alpha value is -1.06. The number of aliphatic imine (C=N–C) groups is 1. The fraction of sp³-hybridized carbons (Fsp3) is 0.611. The molecule has 0 radical (unpaired) electrons. The quantitative estimate of drug-likeness (QED) is 0.209. The second-order valence-corrected chi connectivity index (χ2v) is 6.48. The van der Waals surface area contributed by atoms with Gasteiger partial charge in [0.25, 0.3) is 0 Å². The van der Waals surface area contributed by atoms with E-state index in [-0.39, 0.29) is 48.7 Å². The van der Waals surface area contributed by atoms with Crippen LogP contribution in [0, 0.1) is 11.7 Å². The van der Waals surface area contributed by atoms with E-state index in [1.165, 1.54) is 12.1 Å². The number of benzene rings is 1. The first-order valence-electron chi connectivity index (χ1n) is 8.67. The molecule has 0 heterocycles. The van der Waals surface area contributed by atoms with Gasteiger partial charge in [-0.25, -0.2) is 4.39 Å². The van der Waals surface area contributed by atoms with Crippen LogP contribution in [0.15, 0.2) is 29.3 Å². The van der Waals surface area contributed by atoms with Gasteiger partial charge in [0.05, 0.1) is 5.92 Å². The number of nitrogens with one attached hydrogen (secondary N) is 2. The zero-order chi connectivity index (χ0) is 18.3. The number of hydrogen-bond donors (Lipinski definition) is 2. The Kier molecular flexibility index (Phi) is 9.67. The molecule has 0 saturated heterocycles. The first-order valence-corrected chi connectivity index (χ1v) is 8.67. The van der Waals surface area contributed by atoms with Gasteiger partial charge in [-0.05, 0) is 49.8 Å². The number of hydrogen-bond acceptors (Lipinski definition) is 1. The molecular formula is C18H26F4IN3. The fourth-order valence-electron chi connectivity index (χ4n) is 3.20. The van der Waals surface area contributed by atoms with Crippen molar-refractivity contribution in [2.45, 2.75) is 50.7 Å². The largest absolute Gasteiger partial charge is 0.391 e. The summed E-state index contributed by atoms with van der Waals surface area (Å²) in [7, 11) is 1.60. The highest BCUT2D eigenvalue weighted by Gasteiger charge is 2.42. The Morgan fingerprint density at radius 1 is 1.27 bits per heavy atom. The molecule has 2 unspecified atom stereocenters. The summed E-state index contributed by atoms with van der Waals surface area (Å²) >= 11 is 0. The van der Waals surface area contributed by atoms with Crippen molar-refractivity contribution in [1.29, 1.82) is 0 Å². The van der Waals surface area contributed by atoms with Gasteiger partial charge in [0.2, 0.25) is 0 Å². The number of rotatable bonds is 5. The molecule has 3 nitrogen and oxygen atoms in total. The van der Waals surface area contributed by atoms with Crippen molar-refractivity contribution in [2.24, 2.45) is 10.9 Å². The molecule has 0 spiro atoms. The minimum Gasteiger partial charge on any atom is -0.356 e. The summed E-state index contributed by atoms with van der Waals surface area (Å²) in [5.74, 6) is -0.962. The van der Waals surface area contributed by atoms with E-state index in [2.05, 4.69) is 15.6 Å². The average molecular weight is 487 g/mol. The first kappa shape index (κ1) is 23.0. The maximum Gasteiger partial charge on any atom is 0.391 e. The lowest BCUT2D eigenvalue weighted by Gasteiger charge is -2.31. The molecule has 1 aliphatic rings. The van der Waals surface area contributed by atoms with E-state index in [0.717, 1.165) is 24.8 Å². The molecule has 1 aromatic carbocycles. The van der Waals surface area contributed by atoms with Crippen LogP contribution >= 0.6 is 24.0 Å². The van der Waals surface area contributed by atoms with Crippen molar-refractivity contribution >= 4 is 29.9 Å². The molecule has 1 saturated carbocycles. The molecule has 26 heavy (non-hydrogen) atoms. The van der Waals surface area contributed by atoms with Gasteiger partial charge in [0.15, 0.2) is 5.96 Å². The van der Waals surface area contributed by atoms with Gasteiger partial charge in [0, 0.05) is 19.6 Å². The van der Waals surface area contributed by atoms with Crippen LogP contribution in [0.2, 0.25) is 0 Å². The number of aryl methyl sites for hydroxylation is 1. The van der Waals surface area contributed by atoms with Gasteiger partial charge in [-0.1, -0.05) is 18.6 Å². The Morgan fingerprint density at radius 2 is 2.04 bits per heavy atom. The molecule has 2 atom stereocenters. The fourth-order valence-corrected chi connectivity index (χ4v) is 3.20. The first-order chi connectivity index (χ1) is 11.9. The van der Waals surface area contributed by atoms with Crippen LogP contribution < -0.4 is 10.6 Å². The molecular weight excluding hydrogens is 461 g/mol. The lowest BCUT2D eigenvalue weighted by molar-refractivity contribution is -0.183. The molecule has 2 rings (SSSR count). The molecule has 1 aromatic rings. The summed E-state index contributed by atoms with van der Waals surface area (Å²) in [5, 5.41) is 6.21. The minimum atomic E-state index is -4.12. The van der Waals surface area contributed by atoms with Crippen molar-refractivity contribution < 1.29 is 17.6 Å². The topological polar surface area (TPSA) is 36.4 Å². The van der Waals surface area contributed by atoms with Crippen molar-refractivity contribution in [3.63, 3.8) is 0 Å². The van der Waals surface area contributed by atoms with E-state index in [4.69, 9.17) is 0 Å². The predicted octanol–water partition coefficient (Wildman–Crippen LogP) is 4.66. The monoisotopic (exact) mass is 487 g/mol. The summed E-state index contributed by atoms with van der Waals surface area (Å²) in [6.45, 7) is 0.617. The summed E-state index contributed by atoms with van der Waals surface area (Å²) < 4.78 is 51.7. The van der Waals surface area contributed by atoms with E-state index >= 15 is 0 Å².